The Balaban J connectivity index is 1.86. The molecule has 1 heterocycles. The van der Waals surface area contributed by atoms with Crippen LogP contribution in [0.1, 0.15) is 54.1 Å². The molecule has 4 rings (SSSR count). The number of hydrogen-bond donors (Lipinski definition) is 0. The molecule has 2 aromatic rings. The predicted octanol–water partition coefficient (Wildman–Crippen LogP) is 5.35. The minimum absolute atomic E-state index is 0.707. The Labute approximate surface area is 120 Å². The van der Waals surface area contributed by atoms with E-state index in [2.05, 4.69) is 30.8 Å². The fraction of sp³-hybridized carbons (Fsp3) is 0.368. The van der Waals surface area contributed by atoms with Crippen LogP contribution in [0.25, 0.3) is 17.4 Å². The maximum atomic E-state index is 6.34. The highest BCUT2D eigenvalue weighted by Crippen LogP contribution is 2.47. The van der Waals surface area contributed by atoms with Crippen LogP contribution < -0.4 is 0 Å². The summed E-state index contributed by atoms with van der Waals surface area (Å²) >= 11 is 0. The third-order valence-electron chi connectivity index (χ3n) is 4.58. The van der Waals surface area contributed by atoms with E-state index in [9.17, 15) is 0 Å². The van der Waals surface area contributed by atoms with Gasteiger partial charge in [-0.1, -0.05) is 30.9 Å². The van der Waals surface area contributed by atoms with E-state index in [1.165, 1.54) is 61.0 Å². The van der Waals surface area contributed by atoms with E-state index in [0.29, 0.717) is 5.92 Å². The molecule has 0 radical (unpaired) electrons. The lowest BCUT2D eigenvalue weighted by atomic mass is 9.89. The minimum Gasteiger partial charge on any atom is -0.460 e. The van der Waals surface area contributed by atoms with Gasteiger partial charge in [0, 0.05) is 17.0 Å². The molecule has 102 valence electrons. The van der Waals surface area contributed by atoms with Crippen molar-refractivity contribution in [3.63, 3.8) is 0 Å². The van der Waals surface area contributed by atoms with Crippen molar-refractivity contribution in [1.82, 2.24) is 0 Å². The zero-order chi connectivity index (χ0) is 13.5. The molecule has 20 heavy (non-hydrogen) atoms. The highest BCUT2D eigenvalue weighted by Gasteiger charge is 2.33. The Kier molecular flexibility index (Phi) is 2.80. The Hall–Kier alpha value is -1.76. The van der Waals surface area contributed by atoms with E-state index in [0.717, 1.165) is 11.3 Å². The summed E-state index contributed by atoms with van der Waals surface area (Å²) in [6, 6.07) is 8.55. The van der Waals surface area contributed by atoms with Crippen LogP contribution in [0, 0.1) is 0 Å². The monoisotopic (exact) mass is 264 g/mol. The van der Waals surface area contributed by atoms with Gasteiger partial charge in [0.2, 0.25) is 0 Å². The van der Waals surface area contributed by atoms with Crippen molar-refractivity contribution in [2.24, 2.45) is 0 Å². The summed E-state index contributed by atoms with van der Waals surface area (Å²) in [7, 11) is 0. The molecule has 0 amide bonds. The third kappa shape index (κ3) is 1.93. The number of rotatable bonds is 3. The van der Waals surface area contributed by atoms with Gasteiger partial charge in [-0.2, -0.15) is 0 Å². The van der Waals surface area contributed by atoms with Gasteiger partial charge in [-0.15, -0.1) is 0 Å². The van der Waals surface area contributed by atoms with Gasteiger partial charge in [-0.05, 0) is 55.7 Å². The fourth-order valence-corrected chi connectivity index (χ4v) is 3.38. The molecule has 0 saturated heterocycles. The molecule has 1 aromatic carbocycles. The molecule has 0 atom stereocenters. The van der Waals surface area contributed by atoms with E-state index in [1.54, 1.807) is 0 Å². The maximum absolute atomic E-state index is 6.34. The van der Waals surface area contributed by atoms with Crippen molar-refractivity contribution < 1.29 is 4.42 Å². The van der Waals surface area contributed by atoms with Crippen molar-refractivity contribution in [2.45, 2.75) is 44.4 Å². The van der Waals surface area contributed by atoms with Gasteiger partial charge >= 0.3 is 0 Å². The van der Waals surface area contributed by atoms with Crippen LogP contribution in [0.5, 0.6) is 0 Å². The summed E-state index contributed by atoms with van der Waals surface area (Å²) < 4.78 is 6.34. The molecular formula is C19H20O. The normalized spacial score (nSPS) is 17.8. The minimum atomic E-state index is 0.707. The summed E-state index contributed by atoms with van der Waals surface area (Å²) in [5, 5.41) is 0. The smallest absolute Gasteiger partial charge is 0.137 e. The Bertz CT molecular complexity index is 658. The standard InChI is InChI=1S/C19H20O/c1-2-13-6-5-7-15(12-13)19-17-9-4-3-8-16(17)18(20-19)14-10-11-14/h2,5-7,12,14H,1,3-4,8-11H2. The molecule has 1 nitrogen and oxygen atoms in total. The summed E-state index contributed by atoms with van der Waals surface area (Å²) in [4.78, 5) is 0. The van der Waals surface area contributed by atoms with Crippen LogP contribution in [0.3, 0.4) is 0 Å². The largest absolute Gasteiger partial charge is 0.460 e. The molecule has 0 N–H and O–H groups in total. The van der Waals surface area contributed by atoms with Crippen LogP contribution in [-0.2, 0) is 12.8 Å². The first-order chi connectivity index (χ1) is 9.86. The van der Waals surface area contributed by atoms with Gasteiger partial charge < -0.3 is 4.42 Å². The molecule has 1 heteroatoms. The SMILES string of the molecule is C=Cc1cccc(-c2oc(C3CC3)c3c2CCCC3)c1. The maximum Gasteiger partial charge on any atom is 0.137 e. The van der Waals surface area contributed by atoms with Crippen molar-refractivity contribution >= 4 is 6.08 Å². The number of hydrogen-bond acceptors (Lipinski definition) is 1. The Morgan fingerprint density at radius 3 is 2.65 bits per heavy atom. The summed E-state index contributed by atoms with van der Waals surface area (Å²) in [5.74, 6) is 3.14. The third-order valence-corrected chi connectivity index (χ3v) is 4.58. The van der Waals surface area contributed by atoms with Gasteiger partial charge in [-0.3, -0.25) is 0 Å². The van der Waals surface area contributed by atoms with Crippen LogP contribution in [-0.4, -0.2) is 0 Å². The second kappa shape index (κ2) is 4.66. The lowest BCUT2D eigenvalue weighted by molar-refractivity contribution is 0.519. The molecule has 0 spiro atoms. The summed E-state index contributed by atoms with van der Waals surface area (Å²) in [6.45, 7) is 3.87. The number of fused-ring (bicyclic) bond motifs is 1. The first-order valence-electron chi connectivity index (χ1n) is 7.74. The molecule has 0 unspecified atom stereocenters. The summed E-state index contributed by atoms with van der Waals surface area (Å²) in [6.07, 6.45) is 9.53. The molecule has 0 bridgehead atoms. The molecule has 1 fully saturated rings. The second-order valence-electron chi connectivity index (χ2n) is 6.06. The van der Waals surface area contributed by atoms with Gasteiger partial charge in [-0.25, -0.2) is 0 Å². The number of furan rings is 1. The fourth-order valence-electron chi connectivity index (χ4n) is 3.38. The molecule has 2 aliphatic carbocycles. The molecule has 0 aliphatic heterocycles. The van der Waals surface area contributed by atoms with Gasteiger partial charge in [0.1, 0.15) is 11.5 Å². The van der Waals surface area contributed by atoms with E-state index in [4.69, 9.17) is 4.42 Å². The van der Waals surface area contributed by atoms with Crippen LogP contribution in [0.15, 0.2) is 35.3 Å². The Morgan fingerprint density at radius 2 is 1.90 bits per heavy atom. The van der Waals surface area contributed by atoms with E-state index >= 15 is 0 Å². The van der Waals surface area contributed by atoms with Crippen LogP contribution in [0.2, 0.25) is 0 Å². The zero-order valence-corrected chi connectivity index (χ0v) is 11.8. The quantitative estimate of drug-likeness (QED) is 0.728. The molecule has 1 aromatic heterocycles. The molecule has 1 saturated carbocycles. The predicted molar refractivity (Wildman–Crippen MR) is 82.9 cm³/mol. The van der Waals surface area contributed by atoms with Crippen LogP contribution >= 0.6 is 0 Å². The average Bonchev–Trinajstić information content (AvgIpc) is 3.28. The van der Waals surface area contributed by atoms with E-state index < -0.39 is 0 Å². The van der Waals surface area contributed by atoms with E-state index in [-0.39, 0.29) is 0 Å². The van der Waals surface area contributed by atoms with Gasteiger partial charge in [0.05, 0.1) is 0 Å². The van der Waals surface area contributed by atoms with Crippen molar-refractivity contribution in [1.29, 1.82) is 0 Å². The van der Waals surface area contributed by atoms with Gasteiger partial charge in [0.15, 0.2) is 0 Å². The number of benzene rings is 1. The van der Waals surface area contributed by atoms with Crippen molar-refractivity contribution in [3.8, 4) is 11.3 Å². The topological polar surface area (TPSA) is 13.1 Å². The highest BCUT2D eigenvalue weighted by atomic mass is 16.3. The Morgan fingerprint density at radius 1 is 1.10 bits per heavy atom. The highest BCUT2D eigenvalue weighted by molar-refractivity contribution is 5.68. The first kappa shape index (κ1) is 12.0. The van der Waals surface area contributed by atoms with Crippen LogP contribution in [0.4, 0.5) is 0 Å². The molecule has 2 aliphatic rings. The summed E-state index contributed by atoms with van der Waals surface area (Å²) in [5.41, 5.74) is 5.40. The lowest BCUT2D eigenvalue weighted by Crippen LogP contribution is -2.02. The average molecular weight is 264 g/mol. The van der Waals surface area contributed by atoms with Gasteiger partial charge in [0.25, 0.3) is 0 Å². The van der Waals surface area contributed by atoms with Crippen molar-refractivity contribution in [2.75, 3.05) is 0 Å². The van der Waals surface area contributed by atoms with Crippen molar-refractivity contribution in [3.05, 3.63) is 53.3 Å². The second-order valence-corrected chi connectivity index (χ2v) is 6.06. The lowest BCUT2D eigenvalue weighted by Gasteiger charge is -2.12. The zero-order valence-electron chi connectivity index (χ0n) is 11.8. The van der Waals surface area contributed by atoms with E-state index in [1.807, 2.05) is 6.08 Å². The molecular weight excluding hydrogens is 244 g/mol. The first-order valence-corrected chi connectivity index (χ1v) is 7.74.